The first-order valence-corrected chi connectivity index (χ1v) is 10.8. The van der Waals surface area contributed by atoms with E-state index in [0.717, 1.165) is 35.1 Å². The lowest BCUT2D eigenvalue weighted by Crippen LogP contribution is -2.41. The Hall–Kier alpha value is -3.62. The molecule has 0 spiro atoms. The molecule has 0 fully saturated rings. The zero-order chi connectivity index (χ0) is 22.6. The maximum atomic E-state index is 13.2. The van der Waals surface area contributed by atoms with Crippen LogP contribution in [0.15, 0.2) is 29.1 Å². The number of amides is 1. The number of carbonyl (C=O) groups excluding carboxylic acids is 1. The average molecular weight is 434 g/mol. The number of aromatic amines is 1. The minimum Gasteiger partial charge on any atom is -0.382 e. The lowest BCUT2D eigenvalue weighted by Gasteiger charge is -2.31. The first-order valence-electron chi connectivity index (χ1n) is 10.8. The summed E-state index contributed by atoms with van der Waals surface area (Å²) in [5.74, 6) is 0.644. The van der Waals surface area contributed by atoms with Gasteiger partial charge in [0.05, 0.1) is 6.54 Å². The Labute approximate surface area is 185 Å². The molecule has 2 aliphatic rings. The lowest BCUT2D eigenvalue weighted by molar-refractivity contribution is 0.0609. The summed E-state index contributed by atoms with van der Waals surface area (Å²) in [6.07, 6.45) is 5.76. The van der Waals surface area contributed by atoms with Gasteiger partial charge in [-0.05, 0) is 56.4 Å². The van der Waals surface area contributed by atoms with Crippen LogP contribution in [0.3, 0.4) is 0 Å². The standard InChI is InChI=1S/C23H27N7O2/c1-23(2,3)30-12-16-14-7-5-4-6-8-25-21-27-18(24)17-19(28-21)29(22(32)26-17)11-13(9-14)10-15(16)20(30)31/h4-5,9-10H,6-8,11-12H2,1-3H3,(H,26,32)(H3,24,25,27,28)/b5-4+. The van der Waals surface area contributed by atoms with E-state index in [1.54, 1.807) is 4.57 Å². The van der Waals surface area contributed by atoms with Crippen LogP contribution in [0, 0.1) is 0 Å². The van der Waals surface area contributed by atoms with Gasteiger partial charge < -0.3 is 20.9 Å². The maximum Gasteiger partial charge on any atom is 0.328 e. The molecule has 4 bridgehead atoms. The SMILES string of the molecule is CC(C)(C)N1Cc2c3cc(cc2C1=O)Cn1c(=O)[nH]c2c(N)nc(nc21)NCC/C=C/C3. The number of nitrogens with zero attached hydrogens (tertiary/aromatic N) is 4. The first kappa shape index (κ1) is 20.3. The second-order valence-electron chi connectivity index (χ2n) is 9.38. The Morgan fingerprint density at radius 2 is 1.91 bits per heavy atom. The number of rotatable bonds is 0. The molecular weight excluding hydrogens is 406 g/mol. The molecule has 9 nitrogen and oxygen atoms in total. The summed E-state index contributed by atoms with van der Waals surface area (Å²) in [7, 11) is 0. The van der Waals surface area contributed by atoms with Crippen molar-refractivity contribution >= 4 is 28.8 Å². The van der Waals surface area contributed by atoms with Crippen LogP contribution in [0.2, 0.25) is 0 Å². The van der Waals surface area contributed by atoms with Crippen LogP contribution in [0.4, 0.5) is 11.8 Å². The van der Waals surface area contributed by atoms with Gasteiger partial charge >= 0.3 is 5.69 Å². The van der Waals surface area contributed by atoms with E-state index >= 15 is 0 Å². The number of aromatic nitrogens is 4. The van der Waals surface area contributed by atoms with E-state index in [9.17, 15) is 9.59 Å². The molecule has 0 unspecified atom stereocenters. The van der Waals surface area contributed by atoms with Gasteiger partial charge in [-0.15, -0.1) is 0 Å². The number of fused-ring (bicyclic) bond motifs is 5. The number of anilines is 2. The number of nitrogen functional groups attached to an aromatic ring is 1. The third-order valence-corrected chi connectivity index (χ3v) is 6.09. The summed E-state index contributed by atoms with van der Waals surface area (Å²) in [5.41, 5.74) is 10.1. The summed E-state index contributed by atoms with van der Waals surface area (Å²) in [4.78, 5) is 39.5. The first-order chi connectivity index (χ1) is 15.2. The average Bonchev–Trinajstić information content (AvgIpc) is 3.22. The van der Waals surface area contributed by atoms with Gasteiger partial charge in [-0.2, -0.15) is 9.97 Å². The lowest BCUT2D eigenvalue weighted by atomic mass is 9.97. The topological polar surface area (TPSA) is 122 Å². The Bertz CT molecular complexity index is 1330. The summed E-state index contributed by atoms with van der Waals surface area (Å²) >= 11 is 0. The molecular formula is C23H27N7O2. The molecule has 4 N–H and O–H groups in total. The summed E-state index contributed by atoms with van der Waals surface area (Å²) in [6, 6.07) is 4.01. The second-order valence-corrected chi connectivity index (χ2v) is 9.38. The van der Waals surface area contributed by atoms with Crippen LogP contribution in [0.5, 0.6) is 0 Å². The smallest absolute Gasteiger partial charge is 0.328 e. The molecule has 5 rings (SSSR count). The number of carbonyl (C=O) groups is 1. The number of imidazole rings is 1. The van der Waals surface area contributed by atoms with Crippen molar-refractivity contribution in [1.29, 1.82) is 0 Å². The molecule has 32 heavy (non-hydrogen) atoms. The summed E-state index contributed by atoms with van der Waals surface area (Å²) in [5, 5.41) is 3.18. The van der Waals surface area contributed by atoms with E-state index in [1.807, 2.05) is 31.7 Å². The number of H-pyrrole nitrogens is 1. The highest BCUT2D eigenvalue weighted by Crippen LogP contribution is 2.33. The van der Waals surface area contributed by atoms with E-state index in [2.05, 4.69) is 38.5 Å². The highest BCUT2D eigenvalue weighted by Gasteiger charge is 2.36. The van der Waals surface area contributed by atoms with E-state index < -0.39 is 0 Å². The molecule has 3 aromatic rings. The van der Waals surface area contributed by atoms with Gasteiger partial charge in [0.15, 0.2) is 11.5 Å². The molecule has 2 aliphatic heterocycles. The van der Waals surface area contributed by atoms with E-state index in [0.29, 0.717) is 30.2 Å². The van der Waals surface area contributed by atoms with Crippen molar-refractivity contribution < 1.29 is 4.79 Å². The van der Waals surface area contributed by atoms with Gasteiger partial charge in [0.2, 0.25) is 5.95 Å². The summed E-state index contributed by atoms with van der Waals surface area (Å²) < 4.78 is 1.55. The van der Waals surface area contributed by atoms with Gasteiger partial charge in [0.1, 0.15) is 5.52 Å². The Morgan fingerprint density at radius 1 is 1.09 bits per heavy atom. The zero-order valence-corrected chi connectivity index (χ0v) is 18.5. The molecule has 1 amide bonds. The third-order valence-electron chi connectivity index (χ3n) is 6.09. The number of hydrogen-bond acceptors (Lipinski definition) is 6. The van der Waals surface area contributed by atoms with Crippen molar-refractivity contribution in [3.63, 3.8) is 0 Å². The van der Waals surface area contributed by atoms with E-state index in [4.69, 9.17) is 5.73 Å². The zero-order valence-electron chi connectivity index (χ0n) is 18.5. The number of allylic oxidation sites excluding steroid dienone is 1. The van der Waals surface area contributed by atoms with E-state index in [-0.39, 0.29) is 29.5 Å². The fraction of sp³-hybridized carbons (Fsp3) is 0.391. The van der Waals surface area contributed by atoms with Gasteiger partial charge in [0, 0.05) is 24.2 Å². The number of benzene rings is 1. The highest BCUT2D eigenvalue weighted by molar-refractivity contribution is 5.99. The largest absolute Gasteiger partial charge is 0.382 e. The van der Waals surface area contributed by atoms with Gasteiger partial charge in [-0.3, -0.25) is 9.36 Å². The third kappa shape index (κ3) is 3.34. The van der Waals surface area contributed by atoms with Crippen molar-refractivity contribution in [2.45, 2.75) is 52.2 Å². The molecule has 0 atom stereocenters. The summed E-state index contributed by atoms with van der Waals surface area (Å²) in [6.45, 7) is 7.67. The van der Waals surface area contributed by atoms with Crippen LogP contribution in [0.25, 0.3) is 11.2 Å². The van der Waals surface area contributed by atoms with Crippen molar-refractivity contribution in [2.24, 2.45) is 0 Å². The predicted octanol–water partition coefficient (Wildman–Crippen LogP) is 2.42. The maximum absolute atomic E-state index is 13.2. The highest BCUT2D eigenvalue weighted by atomic mass is 16.2. The molecule has 0 aliphatic carbocycles. The van der Waals surface area contributed by atoms with Crippen molar-refractivity contribution in [1.82, 2.24) is 24.4 Å². The monoisotopic (exact) mass is 433 g/mol. The second kappa shape index (κ2) is 7.22. The molecule has 1 aromatic carbocycles. The van der Waals surface area contributed by atoms with Crippen LogP contribution >= 0.6 is 0 Å². The van der Waals surface area contributed by atoms with E-state index in [1.165, 1.54) is 0 Å². The minimum absolute atomic E-state index is 0.0324. The van der Waals surface area contributed by atoms with Crippen molar-refractivity contribution in [3.8, 4) is 0 Å². The fourth-order valence-corrected chi connectivity index (χ4v) is 4.42. The van der Waals surface area contributed by atoms with Crippen LogP contribution in [-0.4, -0.2) is 42.4 Å². The Morgan fingerprint density at radius 3 is 2.69 bits per heavy atom. The minimum atomic E-state index is -0.310. The van der Waals surface area contributed by atoms with Crippen molar-refractivity contribution in [3.05, 3.63) is 57.0 Å². The van der Waals surface area contributed by atoms with Crippen LogP contribution < -0.4 is 16.7 Å². The molecule has 9 heteroatoms. The van der Waals surface area contributed by atoms with Gasteiger partial charge in [-0.25, -0.2) is 4.79 Å². The normalized spacial score (nSPS) is 17.3. The van der Waals surface area contributed by atoms with Crippen LogP contribution in [0.1, 0.15) is 54.2 Å². The molecule has 0 saturated carbocycles. The number of nitrogens with two attached hydrogens (primary N) is 1. The quantitative estimate of drug-likeness (QED) is 0.468. The Balaban J connectivity index is 1.67. The molecule has 2 aromatic heterocycles. The molecule has 0 saturated heterocycles. The molecule has 4 heterocycles. The molecule has 0 radical (unpaired) electrons. The van der Waals surface area contributed by atoms with Gasteiger partial charge in [-0.1, -0.05) is 18.2 Å². The Kier molecular flexibility index (Phi) is 4.58. The van der Waals surface area contributed by atoms with Crippen LogP contribution in [-0.2, 0) is 19.5 Å². The fourth-order valence-electron chi connectivity index (χ4n) is 4.42. The number of hydrogen-bond donors (Lipinski definition) is 3. The van der Waals surface area contributed by atoms with Crippen molar-refractivity contribution in [2.75, 3.05) is 17.6 Å². The predicted molar refractivity (Wildman–Crippen MR) is 124 cm³/mol. The van der Waals surface area contributed by atoms with Gasteiger partial charge in [0.25, 0.3) is 5.91 Å². The number of nitrogens with one attached hydrogen (secondary N) is 2. The molecule has 166 valence electrons.